The predicted molar refractivity (Wildman–Crippen MR) is 109 cm³/mol. The SMILES string of the molecule is C=CCN1C(=O)/C(=N\N=C/c2cc(OC)c(OC)c(OC)c2)c2ccccc21. The Balaban J connectivity index is 1.95. The molecule has 3 rings (SSSR count). The van der Waals surface area contributed by atoms with Crippen LogP contribution in [-0.2, 0) is 4.79 Å². The van der Waals surface area contributed by atoms with Crippen LogP contribution in [0.5, 0.6) is 17.2 Å². The second-order valence-electron chi connectivity index (χ2n) is 5.87. The lowest BCUT2D eigenvalue weighted by Gasteiger charge is -2.13. The number of carbonyl (C=O) groups is 1. The summed E-state index contributed by atoms with van der Waals surface area (Å²) in [5.41, 5.74) is 2.53. The molecule has 0 radical (unpaired) electrons. The largest absolute Gasteiger partial charge is 0.493 e. The van der Waals surface area contributed by atoms with Gasteiger partial charge in [0.05, 0.1) is 33.2 Å². The van der Waals surface area contributed by atoms with Crippen molar-refractivity contribution in [3.05, 3.63) is 60.2 Å². The summed E-state index contributed by atoms with van der Waals surface area (Å²) in [4.78, 5) is 14.3. The Morgan fingerprint density at radius 1 is 1.07 bits per heavy atom. The summed E-state index contributed by atoms with van der Waals surface area (Å²) in [5.74, 6) is 1.31. The molecular formula is C21H21N3O4. The predicted octanol–water partition coefficient (Wildman–Crippen LogP) is 3.07. The smallest absolute Gasteiger partial charge is 0.279 e. The fourth-order valence-electron chi connectivity index (χ4n) is 3.00. The molecule has 0 saturated heterocycles. The van der Waals surface area contributed by atoms with Crippen molar-refractivity contribution in [1.29, 1.82) is 0 Å². The molecule has 0 unspecified atom stereocenters. The number of anilines is 1. The van der Waals surface area contributed by atoms with Gasteiger partial charge in [-0.1, -0.05) is 24.3 Å². The molecule has 1 amide bonds. The molecule has 1 heterocycles. The quantitative estimate of drug-likeness (QED) is 0.421. The number of nitrogens with zero attached hydrogens (tertiary/aromatic N) is 3. The van der Waals surface area contributed by atoms with E-state index in [1.54, 1.807) is 37.3 Å². The Labute approximate surface area is 163 Å². The van der Waals surface area contributed by atoms with Gasteiger partial charge in [-0.2, -0.15) is 5.10 Å². The Morgan fingerprint density at radius 2 is 1.75 bits per heavy atom. The average Bonchev–Trinajstić information content (AvgIpc) is 2.99. The number of ether oxygens (including phenoxy) is 3. The lowest BCUT2D eigenvalue weighted by molar-refractivity contribution is -0.112. The summed E-state index contributed by atoms with van der Waals surface area (Å²) in [6, 6.07) is 11.0. The monoisotopic (exact) mass is 379 g/mol. The number of hydrogen-bond acceptors (Lipinski definition) is 6. The van der Waals surface area contributed by atoms with E-state index in [1.807, 2.05) is 24.3 Å². The second kappa shape index (κ2) is 8.39. The van der Waals surface area contributed by atoms with Crippen LogP contribution in [0.2, 0.25) is 0 Å². The van der Waals surface area contributed by atoms with Gasteiger partial charge in [0, 0.05) is 17.7 Å². The molecule has 7 heteroatoms. The van der Waals surface area contributed by atoms with Crippen molar-refractivity contribution in [2.24, 2.45) is 10.2 Å². The van der Waals surface area contributed by atoms with Gasteiger partial charge in [-0.05, 0) is 18.2 Å². The van der Waals surface area contributed by atoms with E-state index in [4.69, 9.17) is 14.2 Å². The van der Waals surface area contributed by atoms with Crippen molar-refractivity contribution in [3.63, 3.8) is 0 Å². The normalized spacial score (nSPS) is 14.5. The maximum Gasteiger partial charge on any atom is 0.279 e. The summed E-state index contributed by atoms with van der Waals surface area (Å²) in [6.07, 6.45) is 3.21. The van der Waals surface area contributed by atoms with Crippen LogP contribution in [0.1, 0.15) is 11.1 Å². The minimum atomic E-state index is -0.205. The third-order valence-corrected chi connectivity index (χ3v) is 4.26. The van der Waals surface area contributed by atoms with Gasteiger partial charge in [-0.25, -0.2) is 0 Å². The van der Waals surface area contributed by atoms with Gasteiger partial charge in [0.1, 0.15) is 0 Å². The number of rotatable bonds is 7. The van der Waals surface area contributed by atoms with Gasteiger partial charge in [0.15, 0.2) is 17.2 Å². The molecule has 144 valence electrons. The fraction of sp³-hybridized carbons (Fsp3) is 0.190. The molecule has 0 aliphatic carbocycles. The van der Waals surface area contributed by atoms with Crippen molar-refractivity contribution in [3.8, 4) is 17.2 Å². The summed E-state index contributed by atoms with van der Waals surface area (Å²) >= 11 is 0. The molecule has 1 aliphatic heterocycles. The summed E-state index contributed by atoms with van der Waals surface area (Å²) in [5, 5.41) is 8.29. The maximum absolute atomic E-state index is 12.7. The van der Waals surface area contributed by atoms with Crippen LogP contribution in [0.25, 0.3) is 0 Å². The zero-order chi connectivity index (χ0) is 20.1. The first-order valence-corrected chi connectivity index (χ1v) is 8.57. The van der Waals surface area contributed by atoms with Gasteiger partial charge >= 0.3 is 0 Å². The highest BCUT2D eigenvalue weighted by molar-refractivity contribution is 6.54. The first kappa shape index (κ1) is 19.2. The third kappa shape index (κ3) is 3.46. The van der Waals surface area contributed by atoms with Crippen LogP contribution in [0.4, 0.5) is 5.69 Å². The summed E-state index contributed by atoms with van der Waals surface area (Å²) < 4.78 is 16.0. The molecule has 0 saturated carbocycles. The highest BCUT2D eigenvalue weighted by Crippen LogP contribution is 2.37. The van der Waals surface area contributed by atoms with E-state index >= 15 is 0 Å². The molecule has 0 fully saturated rings. The Bertz CT molecular complexity index is 941. The van der Waals surface area contributed by atoms with Crippen LogP contribution in [0.3, 0.4) is 0 Å². The maximum atomic E-state index is 12.7. The molecule has 2 aromatic rings. The molecule has 28 heavy (non-hydrogen) atoms. The van der Waals surface area contributed by atoms with Gasteiger partial charge in [0.25, 0.3) is 5.91 Å². The average molecular weight is 379 g/mol. The highest BCUT2D eigenvalue weighted by Gasteiger charge is 2.32. The van der Waals surface area contributed by atoms with E-state index in [9.17, 15) is 4.79 Å². The van der Waals surface area contributed by atoms with Gasteiger partial charge in [-0.3, -0.25) is 4.79 Å². The number of methoxy groups -OCH3 is 3. The molecule has 1 aliphatic rings. The molecule has 0 spiro atoms. The van der Waals surface area contributed by atoms with Crippen LogP contribution < -0.4 is 19.1 Å². The van der Waals surface area contributed by atoms with Gasteiger partial charge in [0.2, 0.25) is 5.75 Å². The van der Waals surface area contributed by atoms with Crippen LogP contribution in [-0.4, -0.2) is 45.7 Å². The number of benzene rings is 2. The van der Waals surface area contributed by atoms with Crippen molar-refractivity contribution >= 4 is 23.5 Å². The van der Waals surface area contributed by atoms with E-state index in [1.165, 1.54) is 13.3 Å². The summed E-state index contributed by atoms with van der Waals surface area (Å²) in [7, 11) is 4.62. The standard InChI is InChI=1S/C21H21N3O4/c1-5-10-24-16-9-7-6-8-15(16)19(21(24)25)23-22-13-14-11-17(26-2)20(28-4)18(12-14)27-3/h5-9,11-13H,1,10H2,2-4H3/b22-13-,23-19-. The zero-order valence-electron chi connectivity index (χ0n) is 16.0. The Hall–Kier alpha value is -3.61. The van der Waals surface area contributed by atoms with Crippen LogP contribution in [0.15, 0.2) is 59.3 Å². The van der Waals surface area contributed by atoms with Crippen LogP contribution >= 0.6 is 0 Å². The van der Waals surface area contributed by atoms with Crippen molar-refractivity contribution in [2.75, 3.05) is 32.8 Å². The van der Waals surface area contributed by atoms with Crippen molar-refractivity contribution < 1.29 is 19.0 Å². The van der Waals surface area contributed by atoms with E-state index in [0.29, 0.717) is 35.1 Å². The van der Waals surface area contributed by atoms with E-state index in [-0.39, 0.29) is 5.91 Å². The van der Waals surface area contributed by atoms with Crippen molar-refractivity contribution in [2.45, 2.75) is 0 Å². The molecule has 0 aromatic heterocycles. The zero-order valence-corrected chi connectivity index (χ0v) is 16.0. The topological polar surface area (TPSA) is 72.7 Å². The van der Waals surface area contributed by atoms with Gasteiger partial charge < -0.3 is 19.1 Å². The fourth-order valence-corrected chi connectivity index (χ4v) is 3.00. The highest BCUT2D eigenvalue weighted by atomic mass is 16.5. The van der Waals surface area contributed by atoms with Gasteiger partial charge in [-0.15, -0.1) is 11.7 Å². The molecule has 2 aromatic carbocycles. The Morgan fingerprint density at radius 3 is 2.36 bits per heavy atom. The number of fused-ring (bicyclic) bond motifs is 1. The molecule has 0 bridgehead atoms. The molecule has 0 N–H and O–H groups in total. The third-order valence-electron chi connectivity index (χ3n) is 4.26. The number of amides is 1. The minimum absolute atomic E-state index is 0.205. The van der Waals surface area contributed by atoms with E-state index in [2.05, 4.69) is 16.8 Å². The molecule has 7 nitrogen and oxygen atoms in total. The lowest BCUT2D eigenvalue weighted by Crippen LogP contribution is -2.30. The summed E-state index contributed by atoms with van der Waals surface area (Å²) in [6.45, 7) is 4.12. The van der Waals surface area contributed by atoms with Crippen LogP contribution in [0, 0.1) is 0 Å². The first-order valence-electron chi connectivity index (χ1n) is 8.57. The van der Waals surface area contributed by atoms with Crippen molar-refractivity contribution in [1.82, 2.24) is 0 Å². The van der Waals surface area contributed by atoms with E-state index in [0.717, 1.165) is 11.3 Å². The number of para-hydroxylation sites is 1. The lowest BCUT2D eigenvalue weighted by atomic mass is 10.1. The molecule has 0 atom stereocenters. The first-order chi connectivity index (χ1) is 13.6. The Kier molecular flexibility index (Phi) is 5.74. The minimum Gasteiger partial charge on any atom is -0.493 e. The molecular weight excluding hydrogens is 358 g/mol. The second-order valence-corrected chi connectivity index (χ2v) is 5.87. The number of hydrogen-bond donors (Lipinski definition) is 0. The van der Waals surface area contributed by atoms with E-state index < -0.39 is 0 Å². The number of carbonyl (C=O) groups excluding carboxylic acids is 1.